The summed E-state index contributed by atoms with van der Waals surface area (Å²) in [6, 6.07) is 0.124. The molecular formula is C14H25NO2. The summed E-state index contributed by atoms with van der Waals surface area (Å²) >= 11 is 0. The number of nitrogens with one attached hydrogen (secondary N) is 1. The van der Waals surface area contributed by atoms with E-state index in [-0.39, 0.29) is 19.3 Å². The first-order chi connectivity index (χ1) is 8.15. The standard InChI is InChI=1S/C14H25NO2/c1-4-5-6-7-13(10-16)8-9-15-14(11-17)12(2)3/h4-7,12,14-17H,1,8-11H2,2-3H3/b6-5-,13-7-. The highest BCUT2D eigenvalue weighted by Gasteiger charge is 2.10. The van der Waals surface area contributed by atoms with Crippen LogP contribution in [0.3, 0.4) is 0 Å². The largest absolute Gasteiger partial charge is 0.395 e. The molecule has 0 aliphatic carbocycles. The average Bonchev–Trinajstić information content (AvgIpc) is 2.32. The summed E-state index contributed by atoms with van der Waals surface area (Å²) in [6.07, 6.45) is 8.07. The van der Waals surface area contributed by atoms with Gasteiger partial charge >= 0.3 is 0 Å². The van der Waals surface area contributed by atoms with Crippen molar-refractivity contribution >= 4 is 0 Å². The van der Waals surface area contributed by atoms with Crippen LogP contribution in [-0.4, -0.2) is 36.0 Å². The van der Waals surface area contributed by atoms with Gasteiger partial charge in [0, 0.05) is 6.04 Å². The Bertz CT molecular complexity index is 257. The normalized spacial score (nSPS) is 14.5. The Balaban J connectivity index is 4.02. The van der Waals surface area contributed by atoms with Crippen molar-refractivity contribution in [3.8, 4) is 0 Å². The molecule has 1 atom stereocenters. The lowest BCUT2D eigenvalue weighted by Gasteiger charge is -2.20. The van der Waals surface area contributed by atoms with Crippen LogP contribution in [0.5, 0.6) is 0 Å². The summed E-state index contributed by atoms with van der Waals surface area (Å²) in [6.45, 7) is 8.70. The molecule has 0 fully saturated rings. The van der Waals surface area contributed by atoms with Crippen LogP contribution in [-0.2, 0) is 0 Å². The first-order valence-electron chi connectivity index (χ1n) is 6.07. The quantitative estimate of drug-likeness (QED) is 0.536. The molecular weight excluding hydrogens is 214 g/mol. The molecule has 0 aromatic heterocycles. The Morgan fingerprint density at radius 2 is 2.00 bits per heavy atom. The summed E-state index contributed by atoms with van der Waals surface area (Å²) in [5.41, 5.74) is 0.969. The van der Waals surface area contributed by atoms with E-state index >= 15 is 0 Å². The maximum Gasteiger partial charge on any atom is 0.0645 e. The Hall–Kier alpha value is -0.900. The number of rotatable bonds is 9. The van der Waals surface area contributed by atoms with E-state index in [1.165, 1.54) is 0 Å². The Morgan fingerprint density at radius 1 is 1.29 bits per heavy atom. The van der Waals surface area contributed by atoms with Gasteiger partial charge in [0.15, 0.2) is 0 Å². The summed E-state index contributed by atoms with van der Waals surface area (Å²) in [7, 11) is 0. The topological polar surface area (TPSA) is 52.5 Å². The van der Waals surface area contributed by atoms with Gasteiger partial charge in [0.2, 0.25) is 0 Å². The summed E-state index contributed by atoms with van der Waals surface area (Å²) in [5.74, 6) is 0.405. The van der Waals surface area contributed by atoms with Crippen LogP contribution in [0.4, 0.5) is 0 Å². The zero-order chi connectivity index (χ0) is 13.1. The van der Waals surface area contributed by atoms with Crippen LogP contribution in [0.1, 0.15) is 20.3 Å². The first-order valence-corrected chi connectivity index (χ1v) is 6.07. The van der Waals surface area contributed by atoms with Crippen molar-refractivity contribution < 1.29 is 10.2 Å². The predicted octanol–water partition coefficient (Wildman–Crippen LogP) is 1.64. The summed E-state index contributed by atoms with van der Waals surface area (Å²) in [5, 5.41) is 21.6. The maximum absolute atomic E-state index is 9.15. The third-order valence-corrected chi connectivity index (χ3v) is 2.64. The molecule has 0 aromatic rings. The van der Waals surface area contributed by atoms with Crippen molar-refractivity contribution in [3.05, 3.63) is 36.5 Å². The van der Waals surface area contributed by atoms with Gasteiger partial charge in [0.1, 0.15) is 0 Å². The molecule has 0 radical (unpaired) electrons. The molecule has 0 spiro atoms. The lowest BCUT2D eigenvalue weighted by molar-refractivity contribution is 0.211. The van der Waals surface area contributed by atoms with Crippen molar-refractivity contribution in [1.82, 2.24) is 5.32 Å². The van der Waals surface area contributed by atoms with E-state index in [0.29, 0.717) is 5.92 Å². The second kappa shape index (κ2) is 10.3. The molecule has 0 rings (SSSR count). The van der Waals surface area contributed by atoms with Gasteiger partial charge in [-0.15, -0.1) is 0 Å². The van der Waals surface area contributed by atoms with Crippen LogP contribution < -0.4 is 5.32 Å². The second-order valence-electron chi connectivity index (χ2n) is 4.34. The molecule has 0 aromatic carbocycles. The molecule has 0 bridgehead atoms. The number of hydrogen-bond acceptors (Lipinski definition) is 3. The van der Waals surface area contributed by atoms with Crippen LogP contribution in [0.25, 0.3) is 0 Å². The number of allylic oxidation sites excluding steroid dienone is 4. The van der Waals surface area contributed by atoms with Gasteiger partial charge in [-0.1, -0.05) is 44.7 Å². The molecule has 0 aliphatic heterocycles. The van der Waals surface area contributed by atoms with Crippen LogP contribution in [0.2, 0.25) is 0 Å². The van der Waals surface area contributed by atoms with Gasteiger partial charge in [-0.25, -0.2) is 0 Å². The summed E-state index contributed by atoms with van der Waals surface area (Å²) in [4.78, 5) is 0. The summed E-state index contributed by atoms with van der Waals surface area (Å²) < 4.78 is 0. The number of aliphatic hydroxyl groups excluding tert-OH is 2. The molecule has 17 heavy (non-hydrogen) atoms. The van der Waals surface area contributed by atoms with Crippen LogP contribution >= 0.6 is 0 Å². The number of hydrogen-bond donors (Lipinski definition) is 3. The lowest BCUT2D eigenvalue weighted by Crippen LogP contribution is -2.37. The molecule has 0 saturated carbocycles. The predicted molar refractivity (Wildman–Crippen MR) is 72.8 cm³/mol. The molecule has 0 saturated heterocycles. The van der Waals surface area contributed by atoms with Gasteiger partial charge in [-0.3, -0.25) is 0 Å². The molecule has 0 heterocycles. The Kier molecular flexibility index (Phi) is 9.72. The van der Waals surface area contributed by atoms with Crippen molar-refractivity contribution in [1.29, 1.82) is 0 Å². The van der Waals surface area contributed by atoms with E-state index in [4.69, 9.17) is 10.2 Å². The lowest BCUT2D eigenvalue weighted by atomic mass is 10.1. The van der Waals surface area contributed by atoms with E-state index in [0.717, 1.165) is 18.5 Å². The third kappa shape index (κ3) is 7.91. The monoisotopic (exact) mass is 239 g/mol. The fraction of sp³-hybridized carbons (Fsp3) is 0.571. The van der Waals surface area contributed by atoms with Gasteiger partial charge in [-0.2, -0.15) is 0 Å². The van der Waals surface area contributed by atoms with Gasteiger partial charge in [-0.05, 0) is 24.5 Å². The minimum absolute atomic E-state index is 0.0641. The molecule has 3 nitrogen and oxygen atoms in total. The van der Waals surface area contributed by atoms with Gasteiger partial charge in [0.25, 0.3) is 0 Å². The smallest absolute Gasteiger partial charge is 0.0645 e. The van der Waals surface area contributed by atoms with Crippen LogP contribution in [0, 0.1) is 5.92 Å². The minimum Gasteiger partial charge on any atom is -0.395 e. The molecule has 1 unspecified atom stereocenters. The van der Waals surface area contributed by atoms with Crippen molar-refractivity contribution in [3.63, 3.8) is 0 Å². The highest BCUT2D eigenvalue weighted by molar-refractivity contribution is 5.16. The zero-order valence-corrected chi connectivity index (χ0v) is 10.9. The van der Waals surface area contributed by atoms with E-state index in [1.54, 1.807) is 6.08 Å². The molecule has 0 aliphatic rings. The molecule has 3 N–H and O–H groups in total. The Labute approximate surface area is 105 Å². The van der Waals surface area contributed by atoms with E-state index in [1.807, 2.05) is 18.2 Å². The molecule has 98 valence electrons. The van der Waals surface area contributed by atoms with Crippen molar-refractivity contribution in [2.75, 3.05) is 19.8 Å². The third-order valence-electron chi connectivity index (χ3n) is 2.64. The highest BCUT2D eigenvalue weighted by Crippen LogP contribution is 2.03. The first kappa shape index (κ1) is 16.1. The number of aliphatic hydroxyl groups is 2. The van der Waals surface area contributed by atoms with Gasteiger partial charge < -0.3 is 15.5 Å². The fourth-order valence-corrected chi connectivity index (χ4v) is 1.41. The SMILES string of the molecule is C=C/C=C\C=C(/CO)CCNC(CO)C(C)C. The fourth-order valence-electron chi connectivity index (χ4n) is 1.41. The van der Waals surface area contributed by atoms with E-state index in [9.17, 15) is 0 Å². The maximum atomic E-state index is 9.15. The van der Waals surface area contributed by atoms with E-state index in [2.05, 4.69) is 25.7 Å². The molecule has 0 amide bonds. The highest BCUT2D eigenvalue weighted by atomic mass is 16.3. The van der Waals surface area contributed by atoms with Gasteiger partial charge in [0.05, 0.1) is 13.2 Å². The van der Waals surface area contributed by atoms with Crippen molar-refractivity contribution in [2.24, 2.45) is 5.92 Å². The second-order valence-corrected chi connectivity index (χ2v) is 4.34. The molecule has 3 heteroatoms. The van der Waals surface area contributed by atoms with Crippen LogP contribution in [0.15, 0.2) is 36.5 Å². The minimum atomic E-state index is 0.0641. The average molecular weight is 239 g/mol. The van der Waals surface area contributed by atoms with Crippen molar-refractivity contribution in [2.45, 2.75) is 26.3 Å². The zero-order valence-electron chi connectivity index (χ0n) is 10.9. The Morgan fingerprint density at radius 3 is 2.47 bits per heavy atom. The van der Waals surface area contributed by atoms with E-state index < -0.39 is 0 Å².